The van der Waals surface area contributed by atoms with E-state index in [2.05, 4.69) is 10.5 Å². The number of carbonyl (C=O) groups is 1. The molecule has 0 aromatic carbocycles. The number of ether oxygens (including phenoxy) is 1. The minimum absolute atomic E-state index is 0.0317. The number of nitrogens with zero attached hydrogens (tertiary/aromatic N) is 1. The molecular weight excluding hydrogens is 258 g/mol. The molecule has 4 N–H and O–H groups in total. The smallest absolute Gasteiger partial charge is 0.234 e. The highest BCUT2D eigenvalue weighted by Gasteiger charge is 2.45. The molecule has 0 aromatic heterocycles. The molecule has 0 spiro atoms. The highest BCUT2D eigenvalue weighted by atomic mass is 16.5. The highest BCUT2D eigenvalue weighted by Crippen LogP contribution is 2.38. The standard InChI is InChI=1S/C14H25N3O3/c15-12(17-19)14(7-3-4-8-14)13(18)16-9-10-20-11-5-1-2-6-11/h11,19H,1-10H2,(H2,15,17)(H,16,18). The number of rotatable bonds is 6. The normalized spacial score (nSPS) is 23.1. The van der Waals surface area contributed by atoms with Gasteiger partial charge in [-0.2, -0.15) is 0 Å². The van der Waals surface area contributed by atoms with Crippen LogP contribution < -0.4 is 11.1 Å². The molecule has 0 heterocycles. The molecule has 2 aliphatic carbocycles. The Morgan fingerprint density at radius 3 is 2.55 bits per heavy atom. The lowest BCUT2D eigenvalue weighted by atomic mass is 9.84. The molecule has 2 saturated carbocycles. The monoisotopic (exact) mass is 283 g/mol. The van der Waals surface area contributed by atoms with E-state index in [-0.39, 0.29) is 11.7 Å². The van der Waals surface area contributed by atoms with Crippen LogP contribution in [0.2, 0.25) is 0 Å². The first-order valence-corrected chi connectivity index (χ1v) is 7.57. The second kappa shape index (κ2) is 6.92. The summed E-state index contributed by atoms with van der Waals surface area (Å²) in [6.07, 6.45) is 8.26. The summed E-state index contributed by atoms with van der Waals surface area (Å²) in [5.41, 5.74) is 4.91. The molecule has 114 valence electrons. The van der Waals surface area contributed by atoms with E-state index in [1.807, 2.05) is 0 Å². The number of nitrogens with one attached hydrogen (secondary N) is 1. The third-order valence-electron chi connectivity index (χ3n) is 4.53. The van der Waals surface area contributed by atoms with E-state index in [0.717, 1.165) is 25.7 Å². The van der Waals surface area contributed by atoms with Crippen LogP contribution in [0.4, 0.5) is 0 Å². The van der Waals surface area contributed by atoms with Crippen molar-refractivity contribution in [2.24, 2.45) is 16.3 Å². The van der Waals surface area contributed by atoms with E-state index in [4.69, 9.17) is 15.7 Å². The fourth-order valence-corrected chi connectivity index (χ4v) is 3.29. The van der Waals surface area contributed by atoms with Crippen LogP contribution in [0.15, 0.2) is 5.16 Å². The molecule has 0 aliphatic heterocycles. The molecule has 0 radical (unpaired) electrons. The predicted molar refractivity (Wildman–Crippen MR) is 75.5 cm³/mol. The van der Waals surface area contributed by atoms with Crippen molar-refractivity contribution >= 4 is 11.7 Å². The Kier molecular flexibility index (Phi) is 5.23. The zero-order valence-corrected chi connectivity index (χ0v) is 11.9. The van der Waals surface area contributed by atoms with Crippen LogP contribution in [0, 0.1) is 5.41 Å². The molecule has 2 fully saturated rings. The van der Waals surface area contributed by atoms with Crippen molar-refractivity contribution in [3.05, 3.63) is 0 Å². The maximum atomic E-state index is 12.3. The summed E-state index contributed by atoms with van der Waals surface area (Å²) in [5, 5.41) is 14.8. The third-order valence-corrected chi connectivity index (χ3v) is 4.53. The van der Waals surface area contributed by atoms with Crippen LogP contribution in [-0.4, -0.2) is 36.2 Å². The Labute approximate surface area is 119 Å². The summed E-state index contributed by atoms with van der Waals surface area (Å²) >= 11 is 0. The number of nitrogens with two attached hydrogens (primary N) is 1. The molecule has 0 bridgehead atoms. The number of oxime groups is 1. The van der Waals surface area contributed by atoms with E-state index >= 15 is 0 Å². The highest BCUT2D eigenvalue weighted by molar-refractivity contribution is 6.07. The topological polar surface area (TPSA) is 96.9 Å². The number of hydrogen-bond donors (Lipinski definition) is 3. The predicted octanol–water partition coefficient (Wildman–Crippen LogP) is 1.37. The van der Waals surface area contributed by atoms with Crippen LogP contribution in [0.5, 0.6) is 0 Å². The Morgan fingerprint density at radius 2 is 1.95 bits per heavy atom. The second-order valence-corrected chi connectivity index (χ2v) is 5.81. The van der Waals surface area contributed by atoms with Gasteiger partial charge < -0.3 is 21.0 Å². The molecule has 2 rings (SSSR count). The Hall–Kier alpha value is -1.30. The van der Waals surface area contributed by atoms with Crippen molar-refractivity contribution in [1.29, 1.82) is 0 Å². The maximum Gasteiger partial charge on any atom is 0.234 e. The van der Waals surface area contributed by atoms with Gasteiger partial charge in [-0.1, -0.05) is 30.8 Å². The van der Waals surface area contributed by atoms with E-state index in [1.165, 1.54) is 12.8 Å². The first-order chi connectivity index (χ1) is 9.69. The Bertz CT molecular complexity index is 359. The average molecular weight is 283 g/mol. The molecular formula is C14H25N3O3. The van der Waals surface area contributed by atoms with Crippen molar-refractivity contribution in [2.45, 2.75) is 57.5 Å². The lowest BCUT2D eigenvalue weighted by Crippen LogP contribution is -2.49. The van der Waals surface area contributed by atoms with Gasteiger partial charge in [0.15, 0.2) is 5.84 Å². The van der Waals surface area contributed by atoms with Gasteiger partial charge in [-0.25, -0.2) is 0 Å². The zero-order chi connectivity index (χ0) is 14.4. The van der Waals surface area contributed by atoms with Crippen molar-refractivity contribution in [3.63, 3.8) is 0 Å². The molecule has 6 nitrogen and oxygen atoms in total. The Morgan fingerprint density at radius 1 is 1.30 bits per heavy atom. The SMILES string of the molecule is NC(=NO)C1(C(=O)NCCOC2CCCC2)CCCC1. The molecule has 0 aromatic rings. The van der Waals surface area contributed by atoms with Crippen LogP contribution in [0.1, 0.15) is 51.4 Å². The minimum atomic E-state index is -0.817. The van der Waals surface area contributed by atoms with Crippen LogP contribution in [0.25, 0.3) is 0 Å². The molecule has 2 aliphatic rings. The average Bonchev–Trinajstić information content (AvgIpc) is 3.14. The van der Waals surface area contributed by atoms with E-state index < -0.39 is 5.41 Å². The summed E-state index contributed by atoms with van der Waals surface area (Å²) in [6, 6.07) is 0. The quantitative estimate of drug-likeness (QED) is 0.225. The molecule has 6 heteroatoms. The molecule has 0 saturated heterocycles. The summed E-state index contributed by atoms with van der Waals surface area (Å²) in [5.74, 6) is -0.107. The summed E-state index contributed by atoms with van der Waals surface area (Å²) in [7, 11) is 0. The summed E-state index contributed by atoms with van der Waals surface area (Å²) in [4.78, 5) is 12.3. The van der Waals surface area contributed by atoms with Crippen molar-refractivity contribution in [3.8, 4) is 0 Å². The van der Waals surface area contributed by atoms with Gasteiger partial charge >= 0.3 is 0 Å². The molecule has 20 heavy (non-hydrogen) atoms. The van der Waals surface area contributed by atoms with Crippen molar-refractivity contribution < 1.29 is 14.7 Å². The lowest BCUT2D eigenvalue weighted by Gasteiger charge is -2.26. The van der Waals surface area contributed by atoms with Gasteiger partial charge in [0.05, 0.1) is 12.7 Å². The van der Waals surface area contributed by atoms with Gasteiger partial charge in [0.1, 0.15) is 5.41 Å². The fraction of sp³-hybridized carbons (Fsp3) is 0.857. The molecule has 1 amide bonds. The van der Waals surface area contributed by atoms with Crippen molar-refractivity contribution in [1.82, 2.24) is 5.32 Å². The van der Waals surface area contributed by atoms with Crippen LogP contribution >= 0.6 is 0 Å². The summed E-state index contributed by atoms with van der Waals surface area (Å²) in [6.45, 7) is 1.01. The van der Waals surface area contributed by atoms with E-state index in [0.29, 0.717) is 32.1 Å². The zero-order valence-electron chi connectivity index (χ0n) is 11.9. The van der Waals surface area contributed by atoms with Gasteiger partial charge in [-0.3, -0.25) is 4.79 Å². The van der Waals surface area contributed by atoms with E-state index in [1.54, 1.807) is 0 Å². The fourth-order valence-electron chi connectivity index (χ4n) is 3.29. The maximum absolute atomic E-state index is 12.3. The van der Waals surface area contributed by atoms with Crippen LogP contribution in [-0.2, 0) is 9.53 Å². The number of carbonyl (C=O) groups excluding carboxylic acids is 1. The van der Waals surface area contributed by atoms with Gasteiger partial charge in [0.2, 0.25) is 5.91 Å². The first-order valence-electron chi connectivity index (χ1n) is 7.57. The largest absolute Gasteiger partial charge is 0.409 e. The van der Waals surface area contributed by atoms with Gasteiger partial charge in [-0.05, 0) is 25.7 Å². The summed E-state index contributed by atoms with van der Waals surface area (Å²) < 4.78 is 5.71. The number of hydrogen-bond acceptors (Lipinski definition) is 4. The van der Waals surface area contributed by atoms with Crippen molar-refractivity contribution in [2.75, 3.05) is 13.2 Å². The number of amides is 1. The third kappa shape index (κ3) is 3.23. The van der Waals surface area contributed by atoms with E-state index in [9.17, 15) is 4.79 Å². The number of amidine groups is 1. The van der Waals surface area contributed by atoms with Gasteiger partial charge in [0.25, 0.3) is 0 Å². The van der Waals surface area contributed by atoms with Gasteiger partial charge in [0, 0.05) is 6.54 Å². The lowest BCUT2D eigenvalue weighted by molar-refractivity contribution is -0.127. The second-order valence-electron chi connectivity index (χ2n) is 5.81. The van der Waals surface area contributed by atoms with Crippen LogP contribution in [0.3, 0.4) is 0 Å². The minimum Gasteiger partial charge on any atom is -0.409 e. The van der Waals surface area contributed by atoms with Gasteiger partial charge in [-0.15, -0.1) is 0 Å². The molecule has 0 atom stereocenters. The Balaban J connectivity index is 1.77. The molecule has 0 unspecified atom stereocenters. The first kappa shape index (κ1) is 15.1.